The zero-order valence-corrected chi connectivity index (χ0v) is 17.1. The standard InChI is InChI=1S/C24H32N2O2/c1-3-16-26(19-23(28-2)20-10-6-4-7-11-20)22-14-17-25(18-15-22)24(27)21-12-8-5-9-13-21/h4-13,22-23H,3,14-19H2,1-2H3. The second-order valence-corrected chi connectivity index (χ2v) is 7.52. The Morgan fingerprint density at radius 3 is 2.25 bits per heavy atom. The van der Waals surface area contributed by atoms with Crippen LogP contribution in [0.5, 0.6) is 0 Å². The van der Waals surface area contributed by atoms with Crippen LogP contribution in [0.3, 0.4) is 0 Å². The van der Waals surface area contributed by atoms with Crippen molar-refractivity contribution in [3.05, 3.63) is 71.8 Å². The summed E-state index contributed by atoms with van der Waals surface area (Å²) in [7, 11) is 1.79. The molecule has 1 saturated heterocycles. The Hall–Kier alpha value is -2.17. The second-order valence-electron chi connectivity index (χ2n) is 7.52. The molecule has 1 heterocycles. The minimum atomic E-state index is 0.0803. The van der Waals surface area contributed by atoms with Gasteiger partial charge in [-0.3, -0.25) is 9.69 Å². The molecule has 1 amide bonds. The van der Waals surface area contributed by atoms with Gasteiger partial charge in [-0.2, -0.15) is 0 Å². The molecule has 3 rings (SSSR count). The van der Waals surface area contributed by atoms with Crippen LogP contribution in [0.4, 0.5) is 0 Å². The van der Waals surface area contributed by atoms with Gasteiger partial charge in [-0.05, 0) is 43.5 Å². The number of carbonyl (C=O) groups is 1. The third-order valence-electron chi connectivity index (χ3n) is 5.66. The number of amides is 1. The van der Waals surface area contributed by atoms with Crippen molar-refractivity contribution in [3.63, 3.8) is 0 Å². The van der Waals surface area contributed by atoms with E-state index in [1.54, 1.807) is 7.11 Å². The molecule has 0 saturated carbocycles. The van der Waals surface area contributed by atoms with Gasteiger partial charge in [0.1, 0.15) is 0 Å². The Kier molecular flexibility index (Phi) is 7.63. The number of methoxy groups -OCH3 is 1. The molecule has 150 valence electrons. The van der Waals surface area contributed by atoms with Crippen LogP contribution in [0.2, 0.25) is 0 Å². The Labute approximate surface area is 169 Å². The molecular weight excluding hydrogens is 348 g/mol. The van der Waals surface area contributed by atoms with Crippen molar-refractivity contribution < 1.29 is 9.53 Å². The van der Waals surface area contributed by atoms with E-state index in [-0.39, 0.29) is 12.0 Å². The highest BCUT2D eigenvalue weighted by Gasteiger charge is 2.28. The Morgan fingerprint density at radius 2 is 1.68 bits per heavy atom. The molecular formula is C24H32N2O2. The smallest absolute Gasteiger partial charge is 0.253 e. The first-order valence-corrected chi connectivity index (χ1v) is 10.4. The quantitative estimate of drug-likeness (QED) is 0.681. The number of hydrogen-bond acceptors (Lipinski definition) is 3. The van der Waals surface area contributed by atoms with Crippen molar-refractivity contribution in [1.29, 1.82) is 0 Å². The average molecular weight is 381 g/mol. The van der Waals surface area contributed by atoms with Crippen molar-refractivity contribution >= 4 is 5.91 Å². The number of likely N-dealkylation sites (tertiary alicyclic amines) is 1. The summed E-state index contributed by atoms with van der Waals surface area (Å²) >= 11 is 0. The summed E-state index contributed by atoms with van der Waals surface area (Å²) in [5, 5.41) is 0. The first-order valence-electron chi connectivity index (χ1n) is 10.4. The van der Waals surface area contributed by atoms with Gasteiger partial charge in [0, 0.05) is 38.3 Å². The van der Waals surface area contributed by atoms with Crippen molar-refractivity contribution in [2.45, 2.75) is 38.3 Å². The van der Waals surface area contributed by atoms with Crippen molar-refractivity contribution in [2.75, 3.05) is 33.3 Å². The van der Waals surface area contributed by atoms with Gasteiger partial charge in [0.25, 0.3) is 5.91 Å². The van der Waals surface area contributed by atoms with Crippen LogP contribution in [-0.2, 0) is 4.74 Å². The monoisotopic (exact) mass is 380 g/mol. The van der Waals surface area contributed by atoms with E-state index in [1.165, 1.54) is 5.56 Å². The average Bonchev–Trinajstić information content (AvgIpc) is 2.77. The maximum atomic E-state index is 12.7. The SMILES string of the molecule is CCCN(CC(OC)c1ccccc1)C1CCN(C(=O)c2ccccc2)CC1. The van der Waals surface area contributed by atoms with Gasteiger partial charge in [-0.25, -0.2) is 0 Å². The number of ether oxygens (including phenoxy) is 1. The van der Waals surface area contributed by atoms with E-state index in [2.05, 4.69) is 36.1 Å². The lowest BCUT2D eigenvalue weighted by Crippen LogP contribution is -2.48. The summed E-state index contributed by atoms with van der Waals surface area (Å²) in [6.45, 7) is 5.82. The molecule has 1 atom stereocenters. The number of benzene rings is 2. The topological polar surface area (TPSA) is 32.8 Å². The fourth-order valence-electron chi connectivity index (χ4n) is 4.10. The Balaban J connectivity index is 1.60. The van der Waals surface area contributed by atoms with Crippen LogP contribution in [-0.4, -0.2) is 55.0 Å². The summed E-state index contributed by atoms with van der Waals surface area (Å²) in [5.41, 5.74) is 2.01. The zero-order chi connectivity index (χ0) is 19.8. The minimum Gasteiger partial charge on any atom is -0.375 e. The molecule has 1 unspecified atom stereocenters. The van der Waals surface area contributed by atoms with E-state index in [4.69, 9.17) is 4.74 Å². The lowest BCUT2D eigenvalue weighted by molar-refractivity contribution is 0.0289. The molecule has 1 fully saturated rings. The summed E-state index contributed by atoms with van der Waals surface area (Å²) < 4.78 is 5.81. The highest BCUT2D eigenvalue weighted by molar-refractivity contribution is 5.94. The molecule has 0 N–H and O–H groups in total. The third-order valence-corrected chi connectivity index (χ3v) is 5.66. The molecule has 0 aliphatic carbocycles. The van der Waals surface area contributed by atoms with Crippen molar-refractivity contribution in [2.24, 2.45) is 0 Å². The zero-order valence-electron chi connectivity index (χ0n) is 17.1. The van der Waals surface area contributed by atoms with Crippen molar-refractivity contribution in [3.8, 4) is 0 Å². The molecule has 28 heavy (non-hydrogen) atoms. The predicted molar refractivity (Wildman–Crippen MR) is 113 cm³/mol. The van der Waals surface area contributed by atoms with Crippen LogP contribution in [0.15, 0.2) is 60.7 Å². The fourth-order valence-corrected chi connectivity index (χ4v) is 4.10. The summed E-state index contributed by atoms with van der Waals surface area (Å²) in [6, 6.07) is 20.6. The van der Waals surface area contributed by atoms with E-state index >= 15 is 0 Å². The molecule has 4 nitrogen and oxygen atoms in total. The maximum absolute atomic E-state index is 12.7. The predicted octanol–water partition coefficient (Wildman–Crippen LogP) is 4.39. The van der Waals surface area contributed by atoms with Gasteiger partial charge >= 0.3 is 0 Å². The summed E-state index contributed by atoms with van der Waals surface area (Å²) in [6.07, 6.45) is 3.24. The molecule has 0 radical (unpaired) electrons. The molecule has 4 heteroatoms. The molecule has 0 spiro atoms. The number of nitrogens with zero attached hydrogens (tertiary/aromatic N) is 2. The second kappa shape index (κ2) is 10.4. The van der Waals surface area contributed by atoms with Crippen LogP contribution < -0.4 is 0 Å². The van der Waals surface area contributed by atoms with Gasteiger partial charge in [-0.1, -0.05) is 55.5 Å². The van der Waals surface area contributed by atoms with E-state index < -0.39 is 0 Å². The lowest BCUT2D eigenvalue weighted by atomic mass is 10.00. The molecule has 2 aromatic rings. The van der Waals surface area contributed by atoms with Gasteiger partial charge in [-0.15, -0.1) is 0 Å². The largest absolute Gasteiger partial charge is 0.375 e. The molecule has 2 aromatic carbocycles. The fraction of sp³-hybridized carbons (Fsp3) is 0.458. The number of carbonyl (C=O) groups excluding carboxylic acids is 1. The lowest BCUT2D eigenvalue weighted by Gasteiger charge is -2.39. The van der Waals surface area contributed by atoms with Gasteiger partial charge in [0.15, 0.2) is 0 Å². The van der Waals surface area contributed by atoms with Crippen LogP contribution in [0, 0.1) is 0 Å². The van der Waals surface area contributed by atoms with E-state index in [9.17, 15) is 4.79 Å². The van der Waals surface area contributed by atoms with Gasteiger partial charge < -0.3 is 9.64 Å². The highest BCUT2D eigenvalue weighted by Crippen LogP contribution is 2.24. The molecule has 1 aliphatic rings. The van der Waals surface area contributed by atoms with Gasteiger partial charge in [0.05, 0.1) is 6.10 Å². The highest BCUT2D eigenvalue weighted by atomic mass is 16.5. The molecule has 0 aromatic heterocycles. The number of rotatable bonds is 8. The van der Waals surface area contributed by atoms with Crippen LogP contribution in [0.25, 0.3) is 0 Å². The number of piperidine rings is 1. The Morgan fingerprint density at radius 1 is 1.07 bits per heavy atom. The maximum Gasteiger partial charge on any atom is 0.253 e. The summed E-state index contributed by atoms with van der Waals surface area (Å²) in [4.78, 5) is 17.3. The summed E-state index contributed by atoms with van der Waals surface area (Å²) in [5.74, 6) is 0.153. The van der Waals surface area contributed by atoms with Crippen molar-refractivity contribution in [1.82, 2.24) is 9.80 Å². The minimum absolute atomic E-state index is 0.0803. The molecule has 1 aliphatic heterocycles. The Bertz CT molecular complexity index is 712. The molecule has 0 bridgehead atoms. The first kappa shape index (κ1) is 20.6. The van der Waals surface area contributed by atoms with E-state index in [0.29, 0.717) is 6.04 Å². The van der Waals surface area contributed by atoms with Gasteiger partial charge in [0.2, 0.25) is 0 Å². The van der Waals surface area contributed by atoms with Crippen LogP contribution in [0.1, 0.15) is 48.2 Å². The van der Waals surface area contributed by atoms with E-state index in [1.807, 2.05) is 41.3 Å². The first-order chi connectivity index (χ1) is 13.7. The normalized spacial score (nSPS) is 16.3. The van der Waals surface area contributed by atoms with E-state index in [0.717, 1.165) is 51.0 Å². The van der Waals surface area contributed by atoms with Crippen LogP contribution >= 0.6 is 0 Å². The third kappa shape index (κ3) is 5.21. The number of hydrogen-bond donors (Lipinski definition) is 0.